The Kier molecular flexibility index (Phi) is 6.61. The first-order valence-corrected chi connectivity index (χ1v) is 11.0. The molecule has 3 rings (SSSR count). The molecular weight excluding hydrogens is 377 g/mol. The minimum Gasteiger partial charge on any atom is -0.480 e. The van der Waals surface area contributed by atoms with Crippen LogP contribution in [0.1, 0.15) is 26.3 Å². The SMILES string of the molecule is CC(C)(C)[C@H](/N=C/c1ccccc1P(c1ccccc1)c1ccccc1)C(=O)O. The zero-order chi connectivity index (χ0) is 20.9. The van der Waals surface area contributed by atoms with Crippen LogP contribution in [0.3, 0.4) is 0 Å². The molecule has 0 unspecified atom stereocenters. The molecule has 3 aromatic carbocycles. The van der Waals surface area contributed by atoms with Crippen molar-refractivity contribution >= 4 is 36.0 Å². The van der Waals surface area contributed by atoms with Gasteiger partial charge < -0.3 is 5.11 Å². The number of aliphatic imine (C=N–C) groups is 1. The monoisotopic (exact) mass is 403 g/mol. The molecule has 4 heteroatoms. The summed E-state index contributed by atoms with van der Waals surface area (Å²) in [7, 11) is -0.780. The van der Waals surface area contributed by atoms with E-state index in [4.69, 9.17) is 0 Å². The molecule has 3 nitrogen and oxygen atoms in total. The van der Waals surface area contributed by atoms with Crippen molar-refractivity contribution in [3.63, 3.8) is 0 Å². The maximum atomic E-state index is 11.7. The van der Waals surface area contributed by atoms with E-state index in [1.54, 1.807) is 6.21 Å². The van der Waals surface area contributed by atoms with Crippen LogP contribution in [0.15, 0.2) is 89.9 Å². The van der Waals surface area contributed by atoms with Crippen LogP contribution in [0.4, 0.5) is 0 Å². The fourth-order valence-corrected chi connectivity index (χ4v) is 5.61. The standard InChI is InChI=1S/C25H26NO2P/c1-25(2,3)23(24(27)28)26-18-19-12-10-11-17-22(19)29(20-13-6-4-7-14-20)21-15-8-5-9-16-21/h4-18,23H,1-3H3,(H,27,28)/b26-18+/t23-/m1/s1. The molecule has 0 saturated carbocycles. The van der Waals surface area contributed by atoms with Crippen molar-refractivity contribution in [2.75, 3.05) is 0 Å². The van der Waals surface area contributed by atoms with Crippen LogP contribution in [0.5, 0.6) is 0 Å². The van der Waals surface area contributed by atoms with Gasteiger partial charge in [-0.15, -0.1) is 0 Å². The molecule has 0 saturated heterocycles. The smallest absolute Gasteiger partial charge is 0.328 e. The summed E-state index contributed by atoms with van der Waals surface area (Å²) in [5, 5.41) is 13.3. The Bertz CT molecular complexity index is 939. The highest BCUT2D eigenvalue weighted by atomic mass is 31.1. The van der Waals surface area contributed by atoms with E-state index in [1.807, 2.05) is 51.1 Å². The lowest BCUT2D eigenvalue weighted by Crippen LogP contribution is -2.33. The highest BCUT2D eigenvalue weighted by Crippen LogP contribution is 2.33. The molecule has 0 aromatic heterocycles. The van der Waals surface area contributed by atoms with Gasteiger partial charge in [-0.05, 0) is 29.3 Å². The molecule has 0 aliphatic rings. The minimum absolute atomic E-state index is 0.457. The Morgan fingerprint density at radius 1 is 0.862 bits per heavy atom. The zero-order valence-electron chi connectivity index (χ0n) is 17.0. The van der Waals surface area contributed by atoms with E-state index in [2.05, 4.69) is 59.6 Å². The predicted molar refractivity (Wildman–Crippen MR) is 124 cm³/mol. The van der Waals surface area contributed by atoms with E-state index < -0.39 is 25.3 Å². The van der Waals surface area contributed by atoms with Gasteiger partial charge in [-0.1, -0.05) is 106 Å². The van der Waals surface area contributed by atoms with Gasteiger partial charge in [0.15, 0.2) is 6.04 Å². The van der Waals surface area contributed by atoms with Crippen LogP contribution in [-0.4, -0.2) is 23.3 Å². The highest BCUT2D eigenvalue weighted by Gasteiger charge is 2.30. The fourth-order valence-electron chi connectivity index (χ4n) is 3.19. The number of nitrogens with zero attached hydrogens (tertiary/aromatic N) is 1. The first kappa shape index (κ1) is 21.0. The van der Waals surface area contributed by atoms with Crippen molar-refractivity contribution in [2.24, 2.45) is 10.4 Å². The van der Waals surface area contributed by atoms with Crippen molar-refractivity contribution in [2.45, 2.75) is 26.8 Å². The Labute approximate surface area is 173 Å². The second-order valence-electron chi connectivity index (χ2n) is 7.95. The van der Waals surface area contributed by atoms with Crippen molar-refractivity contribution in [1.29, 1.82) is 0 Å². The molecular formula is C25H26NO2P. The number of benzene rings is 3. The third kappa shape index (κ3) is 5.19. The molecule has 0 fully saturated rings. The summed E-state index contributed by atoms with van der Waals surface area (Å²) in [6.07, 6.45) is 1.74. The Hall–Kier alpha value is -2.77. The number of hydrogen-bond donors (Lipinski definition) is 1. The lowest BCUT2D eigenvalue weighted by atomic mass is 9.87. The van der Waals surface area contributed by atoms with Crippen LogP contribution in [0.2, 0.25) is 0 Å². The fraction of sp³-hybridized carbons (Fsp3) is 0.200. The van der Waals surface area contributed by atoms with E-state index in [9.17, 15) is 9.90 Å². The molecule has 29 heavy (non-hydrogen) atoms. The molecule has 0 amide bonds. The lowest BCUT2D eigenvalue weighted by Gasteiger charge is -2.24. The first-order valence-electron chi connectivity index (χ1n) is 9.63. The normalized spacial score (nSPS) is 13.0. The molecule has 148 valence electrons. The van der Waals surface area contributed by atoms with Crippen molar-refractivity contribution < 1.29 is 9.90 Å². The number of aliphatic carboxylic acids is 1. The number of carboxylic acids is 1. The third-order valence-electron chi connectivity index (χ3n) is 4.62. The molecule has 0 bridgehead atoms. The summed E-state index contributed by atoms with van der Waals surface area (Å²) >= 11 is 0. The van der Waals surface area contributed by atoms with Gasteiger partial charge in [0.05, 0.1) is 0 Å². The summed E-state index contributed by atoms with van der Waals surface area (Å²) in [5.74, 6) is -0.903. The van der Waals surface area contributed by atoms with Crippen LogP contribution < -0.4 is 15.9 Å². The predicted octanol–water partition coefficient (Wildman–Crippen LogP) is 4.36. The zero-order valence-corrected chi connectivity index (χ0v) is 17.9. The number of carbonyl (C=O) groups is 1. The molecule has 0 heterocycles. The molecule has 1 N–H and O–H groups in total. The molecule has 0 radical (unpaired) electrons. The van der Waals surface area contributed by atoms with Crippen LogP contribution in [0, 0.1) is 5.41 Å². The summed E-state index contributed by atoms with van der Waals surface area (Å²) < 4.78 is 0. The summed E-state index contributed by atoms with van der Waals surface area (Å²) in [6, 6.07) is 28.3. The van der Waals surface area contributed by atoms with Crippen molar-refractivity contribution in [3.8, 4) is 0 Å². The van der Waals surface area contributed by atoms with E-state index in [0.29, 0.717) is 0 Å². The van der Waals surface area contributed by atoms with Gasteiger partial charge in [0.1, 0.15) is 0 Å². The number of hydrogen-bond acceptors (Lipinski definition) is 2. The molecule has 0 aliphatic heterocycles. The number of carboxylic acid groups (broad SMARTS) is 1. The van der Waals surface area contributed by atoms with E-state index in [-0.39, 0.29) is 0 Å². The largest absolute Gasteiger partial charge is 0.480 e. The second-order valence-corrected chi connectivity index (χ2v) is 10.1. The average Bonchev–Trinajstić information content (AvgIpc) is 2.70. The molecule has 3 aromatic rings. The van der Waals surface area contributed by atoms with Gasteiger partial charge >= 0.3 is 5.97 Å². The topological polar surface area (TPSA) is 49.7 Å². The Balaban J connectivity index is 2.10. The van der Waals surface area contributed by atoms with E-state index in [0.717, 1.165) is 5.56 Å². The van der Waals surface area contributed by atoms with Gasteiger partial charge in [-0.2, -0.15) is 0 Å². The Morgan fingerprint density at radius 3 is 1.83 bits per heavy atom. The second kappa shape index (κ2) is 9.15. The molecule has 0 aliphatic carbocycles. The summed E-state index contributed by atoms with van der Waals surface area (Å²) in [6.45, 7) is 5.70. The maximum Gasteiger partial charge on any atom is 0.328 e. The van der Waals surface area contributed by atoms with Crippen LogP contribution in [0.25, 0.3) is 0 Å². The van der Waals surface area contributed by atoms with Gasteiger partial charge in [0.25, 0.3) is 0 Å². The van der Waals surface area contributed by atoms with Gasteiger partial charge in [-0.25, -0.2) is 4.79 Å². The first-order chi connectivity index (χ1) is 13.9. The lowest BCUT2D eigenvalue weighted by molar-refractivity contribution is -0.140. The van der Waals surface area contributed by atoms with Crippen LogP contribution >= 0.6 is 7.92 Å². The minimum atomic E-state index is -0.903. The van der Waals surface area contributed by atoms with E-state index in [1.165, 1.54) is 15.9 Å². The quantitative estimate of drug-likeness (QED) is 0.491. The summed E-state index contributed by atoms with van der Waals surface area (Å²) in [4.78, 5) is 16.2. The van der Waals surface area contributed by atoms with E-state index >= 15 is 0 Å². The number of rotatable bonds is 6. The van der Waals surface area contributed by atoms with Crippen molar-refractivity contribution in [3.05, 3.63) is 90.5 Å². The third-order valence-corrected chi connectivity index (χ3v) is 7.14. The summed E-state index contributed by atoms with van der Waals surface area (Å²) in [5.41, 5.74) is 0.503. The van der Waals surface area contributed by atoms with Gasteiger partial charge in [0, 0.05) is 11.8 Å². The average molecular weight is 403 g/mol. The molecule has 1 atom stereocenters. The Morgan fingerprint density at radius 2 is 1.34 bits per heavy atom. The van der Waals surface area contributed by atoms with Crippen molar-refractivity contribution in [1.82, 2.24) is 0 Å². The van der Waals surface area contributed by atoms with Crippen LogP contribution in [-0.2, 0) is 4.79 Å². The highest BCUT2D eigenvalue weighted by molar-refractivity contribution is 7.80. The maximum absolute atomic E-state index is 11.7. The van der Waals surface area contributed by atoms with Gasteiger partial charge in [-0.3, -0.25) is 4.99 Å². The van der Waals surface area contributed by atoms with Gasteiger partial charge in [0.2, 0.25) is 0 Å². The molecule has 0 spiro atoms.